The van der Waals surface area contributed by atoms with Crippen LogP contribution in [0.1, 0.15) is 5.56 Å². The Morgan fingerprint density at radius 2 is 1.63 bits per heavy atom. The molecule has 6 heteroatoms. The predicted molar refractivity (Wildman–Crippen MR) is 103 cm³/mol. The van der Waals surface area contributed by atoms with Gasteiger partial charge in [-0.2, -0.15) is 0 Å². The first kappa shape index (κ1) is 19.3. The molecule has 1 heterocycles. The lowest BCUT2D eigenvalue weighted by molar-refractivity contribution is -0.123. The molecule has 1 aliphatic rings. The van der Waals surface area contributed by atoms with Crippen LogP contribution in [0.25, 0.3) is 0 Å². The third-order valence-corrected chi connectivity index (χ3v) is 4.66. The number of benzene rings is 2. The molecule has 0 spiro atoms. The predicted octanol–water partition coefficient (Wildman–Crippen LogP) is 2.14. The summed E-state index contributed by atoms with van der Waals surface area (Å²) >= 11 is 0. The average molecular weight is 371 g/mol. The van der Waals surface area contributed by atoms with Crippen LogP contribution in [0.5, 0.6) is 5.75 Å². The van der Waals surface area contributed by atoms with E-state index in [1.807, 2.05) is 6.07 Å². The van der Waals surface area contributed by atoms with Crippen LogP contribution in [0, 0.1) is 5.82 Å². The van der Waals surface area contributed by atoms with E-state index < -0.39 is 5.82 Å². The molecule has 3 rings (SSSR count). The van der Waals surface area contributed by atoms with Gasteiger partial charge in [-0.15, -0.1) is 0 Å². The minimum absolute atomic E-state index is 0.0992. The highest BCUT2D eigenvalue weighted by molar-refractivity contribution is 5.77. The molecule has 5 nitrogen and oxygen atoms in total. The van der Waals surface area contributed by atoms with Gasteiger partial charge >= 0.3 is 0 Å². The van der Waals surface area contributed by atoms with Gasteiger partial charge in [-0.3, -0.25) is 14.6 Å². The van der Waals surface area contributed by atoms with Gasteiger partial charge in [0, 0.05) is 45.8 Å². The number of amides is 1. The largest absolute Gasteiger partial charge is 0.481 e. The molecule has 1 saturated heterocycles. The number of hydrogen-bond acceptors (Lipinski definition) is 4. The fourth-order valence-electron chi connectivity index (χ4n) is 3.12. The van der Waals surface area contributed by atoms with Gasteiger partial charge in [0.2, 0.25) is 0 Å². The minimum Gasteiger partial charge on any atom is -0.481 e. The average Bonchev–Trinajstić information content (AvgIpc) is 2.69. The number of nitrogens with one attached hydrogen (secondary N) is 1. The molecule has 0 radical (unpaired) electrons. The topological polar surface area (TPSA) is 44.8 Å². The highest BCUT2D eigenvalue weighted by Crippen LogP contribution is 2.14. The molecule has 1 amide bonds. The van der Waals surface area contributed by atoms with Crippen molar-refractivity contribution in [3.05, 3.63) is 66.0 Å². The summed E-state index contributed by atoms with van der Waals surface area (Å²) in [6.07, 6.45) is 0. The van der Waals surface area contributed by atoms with E-state index >= 15 is 0 Å². The molecule has 0 aliphatic carbocycles. The molecular weight excluding hydrogens is 345 g/mol. The Labute approximate surface area is 159 Å². The summed E-state index contributed by atoms with van der Waals surface area (Å²) in [6, 6.07) is 16.6. The minimum atomic E-state index is -0.460. The van der Waals surface area contributed by atoms with E-state index in [0.29, 0.717) is 6.54 Å². The van der Waals surface area contributed by atoms with Gasteiger partial charge in [-0.05, 0) is 17.7 Å². The maximum Gasteiger partial charge on any atom is 0.257 e. The normalized spacial score (nSPS) is 15.4. The highest BCUT2D eigenvalue weighted by atomic mass is 19.1. The molecule has 0 aromatic heterocycles. The molecule has 1 fully saturated rings. The summed E-state index contributed by atoms with van der Waals surface area (Å²) in [6.45, 7) is 6.23. The second-order valence-electron chi connectivity index (χ2n) is 6.67. The number of hydrogen-bond donors (Lipinski definition) is 1. The van der Waals surface area contributed by atoms with Crippen molar-refractivity contribution in [3.8, 4) is 5.75 Å². The fourth-order valence-corrected chi connectivity index (χ4v) is 3.12. The number of halogens is 1. The zero-order chi connectivity index (χ0) is 18.9. The van der Waals surface area contributed by atoms with Crippen LogP contribution in [-0.4, -0.2) is 61.6 Å². The van der Waals surface area contributed by atoms with Crippen LogP contribution < -0.4 is 10.1 Å². The number of piperazine rings is 1. The molecule has 2 aromatic rings. The second-order valence-corrected chi connectivity index (χ2v) is 6.67. The van der Waals surface area contributed by atoms with E-state index in [-0.39, 0.29) is 18.3 Å². The van der Waals surface area contributed by atoms with Gasteiger partial charge in [-0.25, -0.2) is 4.39 Å². The third-order valence-electron chi connectivity index (χ3n) is 4.66. The van der Waals surface area contributed by atoms with Crippen LogP contribution in [-0.2, 0) is 11.3 Å². The molecule has 27 heavy (non-hydrogen) atoms. The highest BCUT2D eigenvalue weighted by Gasteiger charge is 2.16. The Bertz CT molecular complexity index is 718. The van der Waals surface area contributed by atoms with Crippen molar-refractivity contribution in [1.29, 1.82) is 0 Å². The molecule has 1 N–H and O–H groups in total. The molecule has 2 aromatic carbocycles. The first-order chi connectivity index (χ1) is 13.2. The Hall–Kier alpha value is -2.44. The molecule has 0 saturated carbocycles. The first-order valence-corrected chi connectivity index (χ1v) is 9.33. The maximum absolute atomic E-state index is 13.4. The molecule has 0 atom stereocenters. The van der Waals surface area contributed by atoms with Crippen LogP contribution >= 0.6 is 0 Å². The van der Waals surface area contributed by atoms with Gasteiger partial charge in [0.05, 0.1) is 0 Å². The van der Waals surface area contributed by atoms with E-state index in [9.17, 15) is 9.18 Å². The quantitative estimate of drug-likeness (QED) is 0.772. The maximum atomic E-state index is 13.4. The number of para-hydroxylation sites is 1. The van der Waals surface area contributed by atoms with Crippen molar-refractivity contribution in [2.75, 3.05) is 45.9 Å². The van der Waals surface area contributed by atoms with E-state index in [1.54, 1.807) is 12.1 Å². The van der Waals surface area contributed by atoms with Crippen LogP contribution in [0.2, 0.25) is 0 Å². The Balaban J connectivity index is 1.29. The van der Waals surface area contributed by atoms with Crippen molar-refractivity contribution in [3.63, 3.8) is 0 Å². The van der Waals surface area contributed by atoms with Crippen molar-refractivity contribution in [2.24, 2.45) is 0 Å². The SMILES string of the molecule is O=C(COc1ccccc1F)NCCN1CCN(Cc2ccccc2)CC1. The summed E-state index contributed by atoms with van der Waals surface area (Å²) < 4.78 is 18.6. The van der Waals surface area contributed by atoms with Gasteiger partial charge in [-0.1, -0.05) is 42.5 Å². The van der Waals surface area contributed by atoms with Crippen molar-refractivity contribution in [2.45, 2.75) is 6.54 Å². The van der Waals surface area contributed by atoms with E-state index in [0.717, 1.165) is 39.3 Å². The van der Waals surface area contributed by atoms with Crippen LogP contribution in [0.15, 0.2) is 54.6 Å². The zero-order valence-electron chi connectivity index (χ0n) is 15.4. The van der Waals surface area contributed by atoms with E-state index in [1.165, 1.54) is 17.7 Å². The summed E-state index contributed by atoms with van der Waals surface area (Å²) in [7, 11) is 0. The Morgan fingerprint density at radius 3 is 2.37 bits per heavy atom. The number of ether oxygens (including phenoxy) is 1. The van der Waals surface area contributed by atoms with Crippen molar-refractivity contribution in [1.82, 2.24) is 15.1 Å². The summed E-state index contributed by atoms with van der Waals surface area (Å²) in [5, 5.41) is 2.83. The van der Waals surface area contributed by atoms with Gasteiger partial charge < -0.3 is 10.1 Å². The standard InChI is InChI=1S/C21H26FN3O2/c22-19-8-4-5-9-20(19)27-17-21(26)23-10-11-24-12-14-25(15-13-24)16-18-6-2-1-3-7-18/h1-9H,10-17H2,(H,23,26). The lowest BCUT2D eigenvalue weighted by Gasteiger charge is -2.34. The smallest absolute Gasteiger partial charge is 0.257 e. The number of nitrogens with zero attached hydrogens (tertiary/aromatic N) is 2. The molecule has 0 bridgehead atoms. The van der Waals surface area contributed by atoms with Gasteiger partial charge in [0.15, 0.2) is 18.2 Å². The van der Waals surface area contributed by atoms with Crippen molar-refractivity contribution >= 4 is 5.91 Å². The monoisotopic (exact) mass is 371 g/mol. The number of rotatable bonds is 8. The molecule has 0 unspecified atom stereocenters. The summed E-state index contributed by atoms with van der Waals surface area (Å²) in [5.41, 5.74) is 1.34. The Kier molecular flexibility index (Phi) is 7.19. The second kappa shape index (κ2) is 10.0. The zero-order valence-corrected chi connectivity index (χ0v) is 15.4. The summed E-state index contributed by atoms with van der Waals surface area (Å²) in [5.74, 6) is -0.596. The fraction of sp³-hybridized carbons (Fsp3) is 0.381. The lowest BCUT2D eigenvalue weighted by atomic mass is 10.2. The van der Waals surface area contributed by atoms with Gasteiger partial charge in [0.25, 0.3) is 5.91 Å². The van der Waals surface area contributed by atoms with E-state index in [2.05, 4.69) is 39.4 Å². The number of carbonyl (C=O) groups is 1. The Morgan fingerprint density at radius 1 is 0.963 bits per heavy atom. The molecule has 1 aliphatic heterocycles. The molecular formula is C21H26FN3O2. The molecule has 144 valence electrons. The third kappa shape index (κ3) is 6.34. The van der Waals surface area contributed by atoms with Crippen LogP contribution in [0.4, 0.5) is 4.39 Å². The van der Waals surface area contributed by atoms with Crippen molar-refractivity contribution < 1.29 is 13.9 Å². The van der Waals surface area contributed by atoms with Crippen LogP contribution in [0.3, 0.4) is 0 Å². The first-order valence-electron chi connectivity index (χ1n) is 9.33. The van der Waals surface area contributed by atoms with Gasteiger partial charge in [0.1, 0.15) is 0 Å². The van der Waals surface area contributed by atoms with E-state index in [4.69, 9.17) is 4.74 Å². The number of carbonyl (C=O) groups excluding carboxylic acids is 1. The lowest BCUT2D eigenvalue weighted by Crippen LogP contribution is -2.48. The summed E-state index contributed by atoms with van der Waals surface area (Å²) in [4.78, 5) is 16.6.